The van der Waals surface area contributed by atoms with Crippen LogP contribution in [0.2, 0.25) is 0 Å². The number of ketones is 1. The highest BCUT2D eigenvalue weighted by Crippen LogP contribution is 2.00. The first-order chi connectivity index (χ1) is 6.02. The fourth-order valence-corrected chi connectivity index (χ4v) is 2.54. The van der Waals surface area contributed by atoms with Crippen molar-refractivity contribution in [3.63, 3.8) is 0 Å². The highest BCUT2D eigenvalue weighted by atomic mass is 32.2. The van der Waals surface area contributed by atoms with Crippen LogP contribution in [-0.4, -0.2) is 25.7 Å². The van der Waals surface area contributed by atoms with Gasteiger partial charge in [-0.05, 0) is 12.8 Å². The second-order valence-electron chi connectivity index (χ2n) is 3.23. The maximum absolute atomic E-state index is 11.3. The lowest BCUT2D eigenvalue weighted by molar-refractivity contribution is -0.116. The van der Waals surface area contributed by atoms with E-state index in [-0.39, 0.29) is 17.3 Å². The lowest BCUT2D eigenvalue weighted by atomic mass is 10.3. The van der Waals surface area contributed by atoms with Crippen molar-refractivity contribution in [2.75, 3.05) is 11.5 Å². The monoisotopic (exact) mass is 206 g/mol. The molecule has 0 saturated carbocycles. The molecule has 3 nitrogen and oxygen atoms in total. The Labute approximate surface area is 80.4 Å². The number of Topliss-reactive ketones (excluding diaryl/α,β-unsaturated/α-hetero) is 1. The molecule has 78 valence electrons. The van der Waals surface area contributed by atoms with Crippen molar-refractivity contribution < 1.29 is 13.2 Å². The van der Waals surface area contributed by atoms with Gasteiger partial charge < -0.3 is 0 Å². The lowest BCUT2D eigenvalue weighted by Crippen LogP contribution is -2.18. The van der Waals surface area contributed by atoms with Crippen molar-refractivity contribution in [2.24, 2.45) is 0 Å². The Morgan fingerprint density at radius 1 is 1.15 bits per heavy atom. The minimum Gasteiger partial charge on any atom is -0.299 e. The molecule has 4 heteroatoms. The normalized spacial score (nSPS) is 11.5. The first kappa shape index (κ1) is 12.6. The summed E-state index contributed by atoms with van der Waals surface area (Å²) in [6, 6.07) is 0. The van der Waals surface area contributed by atoms with E-state index in [1.807, 2.05) is 13.8 Å². The molecule has 0 aliphatic carbocycles. The summed E-state index contributed by atoms with van der Waals surface area (Å²) in [5.41, 5.74) is 0. The van der Waals surface area contributed by atoms with Crippen molar-refractivity contribution in [3.05, 3.63) is 0 Å². The second-order valence-corrected chi connectivity index (χ2v) is 5.42. The minimum atomic E-state index is -3.11. The fraction of sp³-hybridized carbons (Fsp3) is 0.889. The average molecular weight is 206 g/mol. The van der Waals surface area contributed by atoms with Crippen LogP contribution in [-0.2, 0) is 14.6 Å². The molecule has 0 fully saturated rings. The van der Waals surface area contributed by atoms with Crippen molar-refractivity contribution in [1.29, 1.82) is 0 Å². The molecule has 0 heterocycles. The van der Waals surface area contributed by atoms with E-state index in [4.69, 9.17) is 0 Å². The van der Waals surface area contributed by atoms with Crippen LogP contribution < -0.4 is 0 Å². The van der Waals surface area contributed by atoms with Crippen LogP contribution in [0.3, 0.4) is 0 Å². The van der Waals surface area contributed by atoms with E-state index in [0.29, 0.717) is 12.8 Å². The third kappa shape index (κ3) is 6.75. The van der Waals surface area contributed by atoms with E-state index in [2.05, 4.69) is 0 Å². The predicted molar refractivity (Wildman–Crippen MR) is 53.5 cm³/mol. The Kier molecular flexibility index (Phi) is 5.95. The van der Waals surface area contributed by atoms with Gasteiger partial charge in [0.2, 0.25) is 0 Å². The van der Waals surface area contributed by atoms with Gasteiger partial charge in [-0.25, -0.2) is 8.42 Å². The Balaban J connectivity index is 3.95. The molecular weight excluding hydrogens is 188 g/mol. The smallest absolute Gasteiger partial charge is 0.157 e. The third-order valence-electron chi connectivity index (χ3n) is 1.72. The summed E-state index contributed by atoms with van der Waals surface area (Å²) in [6.07, 6.45) is 2.61. The zero-order valence-electron chi connectivity index (χ0n) is 8.38. The van der Waals surface area contributed by atoms with Crippen LogP contribution in [0.4, 0.5) is 0 Å². The molecule has 0 saturated heterocycles. The van der Waals surface area contributed by atoms with E-state index in [1.165, 1.54) is 0 Å². The first-order valence-electron chi connectivity index (χ1n) is 4.74. The van der Waals surface area contributed by atoms with Gasteiger partial charge in [0.25, 0.3) is 0 Å². The highest BCUT2D eigenvalue weighted by molar-refractivity contribution is 7.92. The van der Waals surface area contributed by atoms with Crippen molar-refractivity contribution in [3.8, 4) is 0 Å². The number of rotatable bonds is 7. The maximum Gasteiger partial charge on any atom is 0.157 e. The van der Waals surface area contributed by atoms with Gasteiger partial charge in [0.1, 0.15) is 11.5 Å². The molecule has 0 N–H and O–H groups in total. The summed E-state index contributed by atoms with van der Waals surface area (Å²) >= 11 is 0. The molecule has 0 aromatic rings. The predicted octanol–water partition coefficient (Wildman–Crippen LogP) is 1.57. The van der Waals surface area contributed by atoms with E-state index < -0.39 is 9.84 Å². The topological polar surface area (TPSA) is 51.2 Å². The summed E-state index contributed by atoms with van der Waals surface area (Å²) in [5.74, 6) is -0.265. The fourth-order valence-electron chi connectivity index (χ4n) is 1.03. The summed E-state index contributed by atoms with van der Waals surface area (Å²) in [7, 11) is -3.11. The number of carbonyl (C=O) groups excluding carboxylic acids is 1. The number of carbonyl (C=O) groups is 1. The molecule has 13 heavy (non-hydrogen) atoms. The molecular formula is C9H18O3S. The minimum absolute atomic E-state index is 0.152. The number of sulfone groups is 1. The molecule has 0 aromatic carbocycles. The van der Waals surface area contributed by atoms with Crippen molar-refractivity contribution in [1.82, 2.24) is 0 Å². The summed E-state index contributed by atoms with van der Waals surface area (Å²) in [5, 5.41) is 0. The molecule has 0 aromatic heterocycles. The van der Waals surface area contributed by atoms with E-state index in [9.17, 15) is 13.2 Å². The molecule has 0 aliphatic rings. The Hall–Kier alpha value is -0.380. The Bertz CT molecular complexity index is 242. The molecule has 0 radical (unpaired) electrons. The molecule has 0 aliphatic heterocycles. The molecule has 0 atom stereocenters. The summed E-state index contributed by atoms with van der Waals surface area (Å²) < 4.78 is 22.5. The van der Waals surface area contributed by atoms with E-state index >= 15 is 0 Å². The maximum atomic E-state index is 11.3. The van der Waals surface area contributed by atoms with Crippen molar-refractivity contribution in [2.45, 2.75) is 39.5 Å². The SMILES string of the molecule is CCCCS(=O)(=O)CC(=O)CCC. The van der Waals surface area contributed by atoms with Gasteiger partial charge in [-0.1, -0.05) is 20.3 Å². The summed E-state index contributed by atoms with van der Waals surface area (Å²) in [6.45, 7) is 3.81. The summed E-state index contributed by atoms with van der Waals surface area (Å²) in [4.78, 5) is 11.0. The third-order valence-corrected chi connectivity index (χ3v) is 3.39. The van der Waals surface area contributed by atoms with Gasteiger partial charge in [0.05, 0.1) is 5.75 Å². The van der Waals surface area contributed by atoms with Gasteiger partial charge in [-0.2, -0.15) is 0 Å². The van der Waals surface area contributed by atoms with E-state index in [0.717, 1.165) is 12.8 Å². The quantitative estimate of drug-likeness (QED) is 0.635. The Morgan fingerprint density at radius 2 is 1.77 bits per heavy atom. The molecule has 0 rings (SSSR count). The highest BCUT2D eigenvalue weighted by Gasteiger charge is 2.14. The lowest BCUT2D eigenvalue weighted by Gasteiger charge is -2.01. The van der Waals surface area contributed by atoms with Crippen molar-refractivity contribution >= 4 is 15.6 Å². The van der Waals surface area contributed by atoms with Gasteiger partial charge in [-0.15, -0.1) is 0 Å². The molecule has 0 unspecified atom stereocenters. The number of unbranched alkanes of at least 4 members (excludes halogenated alkanes) is 1. The van der Waals surface area contributed by atoms with Crippen LogP contribution in [0.5, 0.6) is 0 Å². The van der Waals surface area contributed by atoms with Crippen LogP contribution in [0, 0.1) is 0 Å². The zero-order valence-corrected chi connectivity index (χ0v) is 9.19. The zero-order chi connectivity index (χ0) is 10.3. The number of hydrogen-bond acceptors (Lipinski definition) is 3. The Morgan fingerprint density at radius 3 is 2.23 bits per heavy atom. The van der Waals surface area contributed by atoms with Crippen LogP contribution in [0.15, 0.2) is 0 Å². The second kappa shape index (κ2) is 6.13. The van der Waals surface area contributed by atoms with Gasteiger partial charge in [-0.3, -0.25) is 4.79 Å². The van der Waals surface area contributed by atoms with Crippen LogP contribution >= 0.6 is 0 Å². The van der Waals surface area contributed by atoms with Gasteiger partial charge >= 0.3 is 0 Å². The number of hydrogen-bond donors (Lipinski definition) is 0. The van der Waals surface area contributed by atoms with Gasteiger partial charge in [0.15, 0.2) is 9.84 Å². The molecule has 0 bridgehead atoms. The molecule has 0 spiro atoms. The van der Waals surface area contributed by atoms with Crippen LogP contribution in [0.1, 0.15) is 39.5 Å². The molecule has 0 amide bonds. The van der Waals surface area contributed by atoms with E-state index in [1.54, 1.807) is 0 Å². The largest absolute Gasteiger partial charge is 0.299 e. The van der Waals surface area contributed by atoms with Crippen LogP contribution in [0.25, 0.3) is 0 Å². The average Bonchev–Trinajstić information content (AvgIpc) is 2.00. The first-order valence-corrected chi connectivity index (χ1v) is 6.56. The standard InChI is InChI=1S/C9H18O3S/c1-3-5-7-13(11,12)8-9(10)6-4-2/h3-8H2,1-2H3. The van der Waals surface area contributed by atoms with Gasteiger partial charge in [0, 0.05) is 6.42 Å².